The van der Waals surface area contributed by atoms with E-state index >= 15 is 0 Å². The maximum Gasteiger partial charge on any atom is 0.277 e. The molecule has 0 aliphatic rings. The molecule has 0 bridgehead atoms. The van der Waals surface area contributed by atoms with Crippen molar-refractivity contribution in [2.24, 2.45) is 0 Å². The van der Waals surface area contributed by atoms with E-state index in [0.29, 0.717) is 17.3 Å². The molecule has 0 fully saturated rings. The zero-order valence-electron chi connectivity index (χ0n) is 14.7. The van der Waals surface area contributed by atoms with Crippen LogP contribution >= 0.6 is 0 Å². The summed E-state index contributed by atoms with van der Waals surface area (Å²) in [5.41, 5.74) is 3.43. The van der Waals surface area contributed by atoms with Gasteiger partial charge in [0.15, 0.2) is 5.69 Å². The van der Waals surface area contributed by atoms with Crippen molar-refractivity contribution in [3.8, 4) is 17.1 Å². The van der Waals surface area contributed by atoms with Crippen molar-refractivity contribution in [3.05, 3.63) is 71.9 Å². The number of carbonyl (C=O) groups excluding carboxylic acids is 1. The van der Waals surface area contributed by atoms with Crippen LogP contribution in [0.25, 0.3) is 17.1 Å². The SMILES string of the molecule is Cc1ccc(NC(=O)c2nc(-c3ccccc3)oc2C)cc1-n1cnnn1. The number of aryl methyl sites for hydroxylation is 2. The maximum absolute atomic E-state index is 12.7. The van der Waals surface area contributed by atoms with E-state index in [1.165, 1.54) is 6.33 Å². The van der Waals surface area contributed by atoms with Gasteiger partial charge in [0.05, 0.1) is 5.69 Å². The molecule has 1 amide bonds. The Balaban J connectivity index is 1.60. The highest BCUT2D eigenvalue weighted by Crippen LogP contribution is 2.23. The van der Waals surface area contributed by atoms with Crippen LogP contribution in [-0.2, 0) is 0 Å². The Bertz CT molecular complexity index is 1090. The van der Waals surface area contributed by atoms with E-state index in [0.717, 1.165) is 16.8 Å². The molecule has 0 unspecified atom stereocenters. The lowest BCUT2D eigenvalue weighted by Gasteiger charge is -2.08. The highest BCUT2D eigenvalue weighted by Gasteiger charge is 2.18. The second-order valence-corrected chi connectivity index (χ2v) is 6.00. The monoisotopic (exact) mass is 360 g/mol. The number of nitrogens with one attached hydrogen (secondary N) is 1. The Morgan fingerprint density at radius 2 is 1.93 bits per heavy atom. The van der Waals surface area contributed by atoms with Crippen LogP contribution in [0.3, 0.4) is 0 Å². The van der Waals surface area contributed by atoms with Gasteiger partial charge in [-0.1, -0.05) is 24.3 Å². The quantitative estimate of drug-likeness (QED) is 0.600. The Kier molecular flexibility index (Phi) is 4.21. The van der Waals surface area contributed by atoms with Gasteiger partial charge in [0.25, 0.3) is 5.91 Å². The molecule has 0 aliphatic carbocycles. The highest BCUT2D eigenvalue weighted by atomic mass is 16.4. The van der Waals surface area contributed by atoms with Crippen LogP contribution < -0.4 is 5.32 Å². The molecule has 0 aliphatic heterocycles. The predicted octanol–water partition coefficient (Wildman–Crippen LogP) is 3.19. The largest absolute Gasteiger partial charge is 0.441 e. The van der Waals surface area contributed by atoms with Gasteiger partial charge in [-0.2, -0.15) is 0 Å². The minimum atomic E-state index is -0.343. The van der Waals surface area contributed by atoms with Gasteiger partial charge < -0.3 is 9.73 Å². The fraction of sp³-hybridized carbons (Fsp3) is 0.105. The number of hydrogen-bond donors (Lipinski definition) is 1. The predicted molar refractivity (Wildman–Crippen MR) is 98.5 cm³/mol. The maximum atomic E-state index is 12.7. The van der Waals surface area contributed by atoms with Crippen molar-refractivity contribution >= 4 is 11.6 Å². The molecule has 0 saturated heterocycles. The fourth-order valence-corrected chi connectivity index (χ4v) is 2.71. The second kappa shape index (κ2) is 6.83. The molecule has 0 atom stereocenters. The molecule has 0 saturated carbocycles. The van der Waals surface area contributed by atoms with Crippen LogP contribution in [0.15, 0.2) is 59.3 Å². The van der Waals surface area contributed by atoms with E-state index in [-0.39, 0.29) is 11.6 Å². The van der Waals surface area contributed by atoms with Crippen LogP contribution in [0.5, 0.6) is 0 Å². The first-order valence-corrected chi connectivity index (χ1v) is 8.30. The molecule has 4 aromatic rings. The van der Waals surface area contributed by atoms with Crippen LogP contribution in [-0.4, -0.2) is 31.1 Å². The van der Waals surface area contributed by atoms with Gasteiger partial charge in [-0.05, 0) is 54.1 Å². The van der Waals surface area contributed by atoms with Gasteiger partial charge in [-0.25, -0.2) is 9.67 Å². The van der Waals surface area contributed by atoms with Crippen LogP contribution in [0.1, 0.15) is 21.8 Å². The second-order valence-electron chi connectivity index (χ2n) is 6.00. The van der Waals surface area contributed by atoms with Crippen molar-refractivity contribution in [1.82, 2.24) is 25.2 Å². The molecule has 134 valence electrons. The number of benzene rings is 2. The first-order chi connectivity index (χ1) is 13.1. The Labute approximate surface area is 154 Å². The summed E-state index contributed by atoms with van der Waals surface area (Å²) in [6.07, 6.45) is 1.50. The summed E-state index contributed by atoms with van der Waals surface area (Å²) in [5.74, 6) is 0.528. The molecule has 4 rings (SSSR count). The molecule has 1 N–H and O–H groups in total. The van der Waals surface area contributed by atoms with Crippen LogP contribution in [0.4, 0.5) is 5.69 Å². The number of tetrazole rings is 1. The Hall–Kier alpha value is -3.81. The van der Waals surface area contributed by atoms with E-state index < -0.39 is 0 Å². The average molecular weight is 360 g/mol. The fourth-order valence-electron chi connectivity index (χ4n) is 2.71. The normalized spacial score (nSPS) is 10.7. The number of rotatable bonds is 4. The molecular weight excluding hydrogens is 344 g/mol. The van der Waals surface area contributed by atoms with Gasteiger partial charge in [0, 0.05) is 11.3 Å². The molecule has 2 aromatic heterocycles. The molecule has 2 heterocycles. The number of oxazole rings is 1. The number of hydrogen-bond acceptors (Lipinski definition) is 6. The summed E-state index contributed by atoms with van der Waals surface area (Å²) in [6.45, 7) is 3.66. The van der Waals surface area contributed by atoms with Crippen molar-refractivity contribution in [1.29, 1.82) is 0 Å². The highest BCUT2D eigenvalue weighted by molar-refractivity contribution is 6.04. The zero-order chi connectivity index (χ0) is 18.8. The first-order valence-electron chi connectivity index (χ1n) is 8.30. The van der Waals surface area contributed by atoms with Gasteiger partial charge in [-0.3, -0.25) is 4.79 Å². The summed E-state index contributed by atoms with van der Waals surface area (Å²) in [5, 5.41) is 14.0. The molecular formula is C19H16N6O2. The summed E-state index contributed by atoms with van der Waals surface area (Å²) in [4.78, 5) is 17.0. The van der Waals surface area contributed by atoms with Gasteiger partial charge >= 0.3 is 0 Å². The summed E-state index contributed by atoms with van der Waals surface area (Å²) in [7, 11) is 0. The third-order valence-corrected chi connectivity index (χ3v) is 4.10. The molecule has 27 heavy (non-hydrogen) atoms. The lowest BCUT2D eigenvalue weighted by Crippen LogP contribution is -2.14. The van der Waals surface area contributed by atoms with E-state index in [1.807, 2.05) is 49.4 Å². The standard InChI is InChI=1S/C19H16N6O2/c1-12-8-9-15(10-16(12)25-11-20-23-24-25)21-18(26)17-13(2)27-19(22-17)14-6-4-3-5-7-14/h3-11H,1-2H3,(H,21,26). The Morgan fingerprint density at radius 1 is 1.11 bits per heavy atom. The van der Waals surface area contributed by atoms with Crippen LogP contribution in [0.2, 0.25) is 0 Å². The summed E-state index contributed by atoms with van der Waals surface area (Å²) >= 11 is 0. The third kappa shape index (κ3) is 3.32. The van der Waals surface area contributed by atoms with E-state index in [9.17, 15) is 4.79 Å². The van der Waals surface area contributed by atoms with E-state index in [2.05, 4.69) is 25.8 Å². The number of anilines is 1. The van der Waals surface area contributed by atoms with Gasteiger partial charge in [0.2, 0.25) is 5.89 Å². The number of aromatic nitrogens is 5. The van der Waals surface area contributed by atoms with Crippen LogP contribution in [0, 0.1) is 13.8 Å². The third-order valence-electron chi connectivity index (χ3n) is 4.10. The lowest BCUT2D eigenvalue weighted by atomic mass is 10.1. The summed E-state index contributed by atoms with van der Waals surface area (Å²) in [6, 6.07) is 15.0. The van der Waals surface area contributed by atoms with Gasteiger partial charge in [-0.15, -0.1) is 5.10 Å². The molecule has 0 radical (unpaired) electrons. The smallest absolute Gasteiger partial charge is 0.277 e. The topological polar surface area (TPSA) is 98.7 Å². The summed E-state index contributed by atoms with van der Waals surface area (Å²) < 4.78 is 7.20. The van der Waals surface area contributed by atoms with E-state index in [1.54, 1.807) is 17.7 Å². The van der Waals surface area contributed by atoms with Gasteiger partial charge in [0.1, 0.15) is 12.1 Å². The Morgan fingerprint density at radius 3 is 2.67 bits per heavy atom. The lowest BCUT2D eigenvalue weighted by molar-refractivity contribution is 0.102. The average Bonchev–Trinajstić information content (AvgIpc) is 3.34. The zero-order valence-corrected chi connectivity index (χ0v) is 14.7. The number of amides is 1. The molecule has 0 spiro atoms. The van der Waals surface area contributed by atoms with E-state index in [4.69, 9.17) is 4.42 Å². The number of carbonyl (C=O) groups is 1. The van der Waals surface area contributed by atoms with Crippen molar-refractivity contribution in [2.75, 3.05) is 5.32 Å². The minimum absolute atomic E-state index is 0.249. The molecule has 8 heteroatoms. The number of nitrogens with zero attached hydrogens (tertiary/aromatic N) is 5. The van der Waals surface area contributed by atoms with Crippen molar-refractivity contribution in [3.63, 3.8) is 0 Å². The van der Waals surface area contributed by atoms with Crippen molar-refractivity contribution < 1.29 is 9.21 Å². The minimum Gasteiger partial charge on any atom is -0.441 e. The first kappa shape index (κ1) is 16.6. The molecule has 2 aromatic carbocycles. The molecule has 8 nitrogen and oxygen atoms in total. The van der Waals surface area contributed by atoms with Crippen molar-refractivity contribution in [2.45, 2.75) is 13.8 Å².